The molecule has 0 aromatic heterocycles. The van der Waals surface area contributed by atoms with E-state index in [1.165, 1.54) is 11.1 Å². The van der Waals surface area contributed by atoms with Crippen molar-refractivity contribution in [3.05, 3.63) is 65.7 Å². The summed E-state index contributed by atoms with van der Waals surface area (Å²) in [6.07, 6.45) is 0.751. The highest BCUT2D eigenvalue weighted by Gasteiger charge is 2.27. The van der Waals surface area contributed by atoms with Gasteiger partial charge >= 0.3 is 6.09 Å². The maximum atomic E-state index is 12.3. The molecule has 1 unspecified atom stereocenters. The SMILES string of the molecule is CCC1CN(C(=O)Oc2ccccc2)Cc2ccccc21. The first-order valence-corrected chi connectivity index (χ1v) is 7.37. The summed E-state index contributed by atoms with van der Waals surface area (Å²) in [4.78, 5) is 14.1. The summed E-state index contributed by atoms with van der Waals surface area (Å²) in [6, 6.07) is 17.6. The fraction of sp³-hybridized carbons (Fsp3) is 0.278. The zero-order valence-corrected chi connectivity index (χ0v) is 12.2. The molecule has 0 saturated carbocycles. The molecule has 3 heteroatoms. The number of carbonyl (C=O) groups is 1. The standard InChI is InChI=1S/C18H19NO2/c1-2-14-12-19(13-15-8-6-7-11-17(14)15)18(20)21-16-9-4-3-5-10-16/h3-11,14H,2,12-13H2,1H3. The minimum Gasteiger partial charge on any atom is -0.410 e. The Morgan fingerprint density at radius 2 is 1.86 bits per heavy atom. The predicted octanol–water partition coefficient (Wildman–Crippen LogP) is 4.19. The van der Waals surface area contributed by atoms with Gasteiger partial charge in [0.05, 0.1) is 0 Å². The van der Waals surface area contributed by atoms with Crippen LogP contribution in [0.15, 0.2) is 54.6 Å². The second kappa shape index (κ2) is 6.00. The minimum atomic E-state index is -0.269. The van der Waals surface area contributed by atoms with Gasteiger partial charge in [0.15, 0.2) is 0 Å². The monoisotopic (exact) mass is 281 g/mol. The molecule has 1 atom stereocenters. The molecule has 1 heterocycles. The number of fused-ring (bicyclic) bond motifs is 1. The van der Waals surface area contributed by atoms with Crippen molar-refractivity contribution in [3.63, 3.8) is 0 Å². The van der Waals surface area contributed by atoms with Gasteiger partial charge in [0, 0.05) is 19.0 Å². The van der Waals surface area contributed by atoms with Crippen LogP contribution >= 0.6 is 0 Å². The molecule has 0 N–H and O–H groups in total. The first-order chi connectivity index (χ1) is 10.3. The van der Waals surface area contributed by atoms with Crippen molar-refractivity contribution in [1.82, 2.24) is 4.90 Å². The average Bonchev–Trinajstić information content (AvgIpc) is 2.54. The summed E-state index contributed by atoms with van der Waals surface area (Å²) in [7, 11) is 0. The van der Waals surface area contributed by atoms with E-state index in [1.807, 2.05) is 24.3 Å². The molecule has 108 valence electrons. The van der Waals surface area contributed by atoms with Crippen LogP contribution in [0.25, 0.3) is 0 Å². The van der Waals surface area contributed by atoms with Gasteiger partial charge in [0.2, 0.25) is 0 Å². The Labute approximate surface area is 125 Å². The topological polar surface area (TPSA) is 29.5 Å². The predicted molar refractivity (Wildman–Crippen MR) is 82.4 cm³/mol. The quantitative estimate of drug-likeness (QED) is 0.826. The van der Waals surface area contributed by atoms with Gasteiger partial charge in [-0.3, -0.25) is 0 Å². The molecular weight excluding hydrogens is 262 g/mol. The van der Waals surface area contributed by atoms with Crippen molar-refractivity contribution in [3.8, 4) is 5.75 Å². The van der Waals surface area contributed by atoms with Crippen molar-refractivity contribution in [2.75, 3.05) is 6.54 Å². The molecule has 0 bridgehead atoms. The summed E-state index contributed by atoms with van der Waals surface area (Å²) < 4.78 is 5.45. The first-order valence-electron chi connectivity index (χ1n) is 7.37. The molecule has 0 aliphatic carbocycles. The smallest absolute Gasteiger partial charge is 0.410 e. The molecule has 0 fully saturated rings. The fourth-order valence-electron chi connectivity index (χ4n) is 2.85. The Bertz CT molecular complexity index is 624. The van der Waals surface area contributed by atoms with E-state index in [1.54, 1.807) is 17.0 Å². The highest BCUT2D eigenvalue weighted by atomic mass is 16.6. The van der Waals surface area contributed by atoms with Crippen molar-refractivity contribution in [2.45, 2.75) is 25.8 Å². The molecule has 0 radical (unpaired) electrons. The number of rotatable bonds is 2. The molecule has 1 aliphatic heterocycles. The molecule has 3 nitrogen and oxygen atoms in total. The maximum absolute atomic E-state index is 12.3. The van der Waals surface area contributed by atoms with Crippen LogP contribution in [0.5, 0.6) is 5.75 Å². The molecule has 2 aromatic rings. The van der Waals surface area contributed by atoms with Crippen LogP contribution in [-0.2, 0) is 6.54 Å². The second-order valence-electron chi connectivity index (χ2n) is 5.37. The first kappa shape index (κ1) is 13.7. The lowest BCUT2D eigenvalue weighted by Gasteiger charge is -2.33. The summed E-state index contributed by atoms with van der Waals surface area (Å²) >= 11 is 0. The van der Waals surface area contributed by atoms with Crippen LogP contribution in [-0.4, -0.2) is 17.5 Å². The number of carbonyl (C=O) groups excluding carboxylic acids is 1. The Morgan fingerprint density at radius 1 is 1.14 bits per heavy atom. The van der Waals surface area contributed by atoms with E-state index in [4.69, 9.17) is 4.74 Å². The van der Waals surface area contributed by atoms with Gasteiger partial charge in [-0.1, -0.05) is 49.4 Å². The van der Waals surface area contributed by atoms with Crippen LogP contribution in [0.3, 0.4) is 0 Å². The van der Waals surface area contributed by atoms with E-state index in [-0.39, 0.29) is 6.09 Å². The van der Waals surface area contributed by atoms with E-state index in [0.29, 0.717) is 18.2 Å². The van der Waals surface area contributed by atoms with E-state index in [9.17, 15) is 4.79 Å². The van der Waals surface area contributed by atoms with Crippen LogP contribution < -0.4 is 4.74 Å². The van der Waals surface area contributed by atoms with Crippen LogP contribution in [0, 0.1) is 0 Å². The minimum absolute atomic E-state index is 0.269. The molecule has 3 rings (SSSR count). The lowest BCUT2D eigenvalue weighted by atomic mass is 9.88. The third-order valence-electron chi connectivity index (χ3n) is 4.00. The Balaban J connectivity index is 1.77. The van der Waals surface area contributed by atoms with Gasteiger partial charge in [-0.15, -0.1) is 0 Å². The highest BCUT2D eigenvalue weighted by molar-refractivity contribution is 5.71. The summed E-state index contributed by atoms with van der Waals surface area (Å²) in [5.74, 6) is 0.979. The van der Waals surface area contributed by atoms with E-state index in [0.717, 1.165) is 13.0 Å². The summed E-state index contributed by atoms with van der Waals surface area (Å²) in [5, 5.41) is 0. The largest absolute Gasteiger partial charge is 0.415 e. The zero-order valence-electron chi connectivity index (χ0n) is 12.2. The van der Waals surface area contributed by atoms with Crippen molar-refractivity contribution in [2.24, 2.45) is 0 Å². The lowest BCUT2D eigenvalue weighted by molar-refractivity contribution is 0.141. The fourth-order valence-corrected chi connectivity index (χ4v) is 2.85. The molecule has 1 amide bonds. The number of hydrogen-bond acceptors (Lipinski definition) is 2. The third kappa shape index (κ3) is 2.92. The highest BCUT2D eigenvalue weighted by Crippen LogP contribution is 2.30. The van der Waals surface area contributed by atoms with Gasteiger partial charge in [-0.25, -0.2) is 4.79 Å². The van der Waals surface area contributed by atoms with Crippen LogP contribution in [0.4, 0.5) is 4.79 Å². The molecule has 1 aliphatic rings. The number of ether oxygens (including phenoxy) is 1. The van der Waals surface area contributed by atoms with Gasteiger partial charge in [-0.2, -0.15) is 0 Å². The van der Waals surface area contributed by atoms with Crippen molar-refractivity contribution < 1.29 is 9.53 Å². The molecule has 2 aromatic carbocycles. The zero-order chi connectivity index (χ0) is 14.7. The summed E-state index contributed by atoms with van der Waals surface area (Å²) in [5.41, 5.74) is 2.59. The number of amides is 1. The molecule has 0 saturated heterocycles. The van der Waals surface area contributed by atoms with Crippen LogP contribution in [0.1, 0.15) is 30.4 Å². The molecule has 0 spiro atoms. The van der Waals surface area contributed by atoms with Gasteiger partial charge in [-0.05, 0) is 29.7 Å². The van der Waals surface area contributed by atoms with Gasteiger partial charge in [0.1, 0.15) is 5.75 Å². The Hall–Kier alpha value is -2.29. The average molecular weight is 281 g/mol. The van der Waals surface area contributed by atoms with E-state index < -0.39 is 0 Å². The van der Waals surface area contributed by atoms with Crippen molar-refractivity contribution in [1.29, 1.82) is 0 Å². The Kier molecular flexibility index (Phi) is 3.91. The number of nitrogens with zero attached hydrogens (tertiary/aromatic N) is 1. The number of para-hydroxylation sites is 1. The number of benzene rings is 2. The lowest BCUT2D eigenvalue weighted by Crippen LogP contribution is -2.39. The second-order valence-corrected chi connectivity index (χ2v) is 5.37. The maximum Gasteiger partial charge on any atom is 0.415 e. The Morgan fingerprint density at radius 3 is 2.62 bits per heavy atom. The van der Waals surface area contributed by atoms with Crippen molar-refractivity contribution >= 4 is 6.09 Å². The molecule has 21 heavy (non-hydrogen) atoms. The number of hydrogen-bond donors (Lipinski definition) is 0. The molecular formula is C18H19NO2. The van der Waals surface area contributed by atoms with Gasteiger partial charge in [0.25, 0.3) is 0 Å². The van der Waals surface area contributed by atoms with E-state index in [2.05, 4.69) is 25.1 Å². The normalized spacial score (nSPS) is 17.2. The van der Waals surface area contributed by atoms with Crippen LogP contribution in [0.2, 0.25) is 0 Å². The third-order valence-corrected chi connectivity index (χ3v) is 4.00. The van der Waals surface area contributed by atoms with E-state index >= 15 is 0 Å². The summed E-state index contributed by atoms with van der Waals surface area (Å²) in [6.45, 7) is 3.50. The van der Waals surface area contributed by atoms with Gasteiger partial charge < -0.3 is 9.64 Å².